The first-order valence-electron chi connectivity index (χ1n) is 9.22. The number of ether oxygens (including phenoxy) is 1. The molecule has 28 heavy (non-hydrogen) atoms. The number of aromatic nitrogens is 2. The number of methoxy groups -OCH3 is 1. The molecule has 0 saturated carbocycles. The van der Waals surface area contributed by atoms with Crippen LogP contribution in [-0.2, 0) is 13.1 Å². The van der Waals surface area contributed by atoms with E-state index in [0.717, 1.165) is 47.1 Å². The van der Waals surface area contributed by atoms with E-state index in [9.17, 15) is 0 Å². The molecular formula is C23H23N3O2. The van der Waals surface area contributed by atoms with Crippen LogP contribution in [0, 0.1) is 0 Å². The first-order valence-corrected chi connectivity index (χ1v) is 9.22. The van der Waals surface area contributed by atoms with E-state index in [4.69, 9.17) is 14.3 Å². The van der Waals surface area contributed by atoms with Crippen molar-refractivity contribution in [3.63, 3.8) is 0 Å². The molecule has 142 valence electrons. The summed E-state index contributed by atoms with van der Waals surface area (Å²) in [4.78, 5) is 2.22. The van der Waals surface area contributed by atoms with Crippen molar-refractivity contribution in [1.29, 1.82) is 0 Å². The second kappa shape index (κ2) is 8.15. The number of nitrogens with zero attached hydrogens (tertiary/aromatic N) is 3. The van der Waals surface area contributed by atoms with Gasteiger partial charge in [-0.05, 0) is 55.6 Å². The zero-order valence-corrected chi connectivity index (χ0v) is 16.1. The highest BCUT2D eigenvalue weighted by atomic mass is 16.5. The molecule has 0 radical (unpaired) electrons. The molecule has 0 unspecified atom stereocenters. The number of para-hydroxylation sites is 1. The molecule has 0 aliphatic carbocycles. The molecule has 2 aromatic carbocycles. The summed E-state index contributed by atoms with van der Waals surface area (Å²) in [6.45, 7) is 1.50. The molecule has 0 atom stereocenters. The van der Waals surface area contributed by atoms with Crippen LogP contribution in [0.3, 0.4) is 0 Å². The van der Waals surface area contributed by atoms with Crippen LogP contribution < -0.4 is 4.74 Å². The molecule has 0 spiro atoms. The molecule has 0 N–H and O–H groups in total. The van der Waals surface area contributed by atoms with Crippen molar-refractivity contribution in [1.82, 2.24) is 14.7 Å². The Labute approximate surface area is 164 Å². The van der Waals surface area contributed by atoms with Crippen LogP contribution in [-0.4, -0.2) is 28.8 Å². The lowest BCUT2D eigenvalue weighted by Gasteiger charge is -2.15. The Kier molecular flexibility index (Phi) is 5.26. The Bertz CT molecular complexity index is 1010. The first kappa shape index (κ1) is 18.1. The van der Waals surface area contributed by atoms with Gasteiger partial charge in [-0.1, -0.05) is 18.2 Å². The second-order valence-corrected chi connectivity index (χ2v) is 6.76. The van der Waals surface area contributed by atoms with Gasteiger partial charge in [0.25, 0.3) is 0 Å². The van der Waals surface area contributed by atoms with E-state index in [-0.39, 0.29) is 0 Å². The molecule has 0 amide bonds. The summed E-state index contributed by atoms with van der Waals surface area (Å²) >= 11 is 0. The number of furan rings is 1. The van der Waals surface area contributed by atoms with Crippen LogP contribution in [0.4, 0.5) is 0 Å². The van der Waals surface area contributed by atoms with Gasteiger partial charge in [0.1, 0.15) is 11.5 Å². The Hall–Kier alpha value is -3.31. The quantitative estimate of drug-likeness (QED) is 0.468. The van der Waals surface area contributed by atoms with Crippen molar-refractivity contribution in [3.05, 3.63) is 90.5 Å². The second-order valence-electron chi connectivity index (χ2n) is 6.76. The smallest absolute Gasteiger partial charge is 0.118 e. The summed E-state index contributed by atoms with van der Waals surface area (Å²) < 4.78 is 12.7. The zero-order chi connectivity index (χ0) is 19.3. The van der Waals surface area contributed by atoms with Gasteiger partial charge in [0.05, 0.1) is 31.3 Å². The summed E-state index contributed by atoms with van der Waals surface area (Å²) in [7, 11) is 3.76. The first-order chi connectivity index (χ1) is 13.7. The summed E-state index contributed by atoms with van der Waals surface area (Å²) in [5, 5.41) is 4.88. The van der Waals surface area contributed by atoms with Gasteiger partial charge in [0, 0.05) is 23.9 Å². The predicted octanol–water partition coefficient (Wildman–Crippen LogP) is 4.77. The molecule has 4 aromatic rings. The minimum atomic E-state index is 0.742. The molecule has 5 heteroatoms. The average molecular weight is 373 g/mol. The molecule has 4 rings (SSSR count). The van der Waals surface area contributed by atoms with Gasteiger partial charge < -0.3 is 9.15 Å². The molecule has 0 saturated heterocycles. The third-order valence-electron chi connectivity index (χ3n) is 4.62. The van der Waals surface area contributed by atoms with Crippen LogP contribution in [0.5, 0.6) is 5.75 Å². The molecule has 0 aliphatic heterocycles. The van der Waals surface area contributed by atoms with Crippen molar-refractivity contribution in [3.8, 4) is 22.7 Å². The molecule has 5 nitrogen and oxygen atoms in total. The highest BCUT2D eigenvalue weighted by Gasteiger charge is 2.15. The van der Waals surface area contributed by atoms with Gasteiger partial charge in [0.15, 0.2) is 0 Å². The lowest BCUT2D eigenvalue weighted by molar-refractivity contribution is 0.288. The molecule has 0 aliphatic rings. The summed E-state index contributed by atoms with van der Waals surface area (Å²) in [6.07, 6.45) is 3.81. The van der Waals surface area contributed by atoms with E-state index in [2.05, 4.69) is 30.3 Å². The lowest BCUT2D eigenvalue weighted by atomic mass is 10.1. The van der Waals surface area contributed by atoms with Crippen LogP contribution in [0.2, 0.25) is 0 Å². The van der Waals surface area contributed by atoms with Gasteiger partial charge in [-0.3, -0.25) is 4.90 Å². The average Bonchev–Trinajstić information content (AvgIpc) is 3.39. The van der Waals surface area contributed by atoms with Crippen molar-refractivity contribution >= 4 is 0 Å². The third-order valence-corrected chi connectivity index (χ3v) is 4.62. The molecule has 0 fully saturated rings. The fraction of sp³-hybridized carbons (Fsp3) is 0.174. The standard InChI is InChI=1S/C23H23N3O2/c1-25(17-22-9-6-14-28-22)15-19-16-26(20-7-4-3-5-8-20)24-23(19)18-10-12-21(27-2)13-11-18/h3-14,16H,15,17H2,1-2H3. The lowest BCUT2D eigenvalue weighted by Crippen LogP contribution is -2.17. The number of benzene rings is 2. The highest BCUT2D eigenvalue weighted by Crippen LogP contribution is 2.27. The SMILES string of the molecule is COc1ccc(-c2nn(-c3ccccc3)cc2CN(C)Cc2ccco2)cc1. The molecule has 0 bridgehead atoms. The minimum absolute atomic E-state index is 0.742. The molecule has 2 aromatic heterocycles. The third kappa shape index (κ3) is 4.00. The van der Waals surface area contributed by atoms with E-state index < -0.39 is 0 Å². The van der Waals surface area contributed by atoms with Crippen LogP contribution in [0.15, 0.2) is 83.6 Å². The number of hydrogen-bond donors (Lipinski definition) is 0. The zero-order valence-electron chi connectivity index (χ0n) is 16.1. The Balaban J connectivity index is 1.66. The predicted molar refractivity (Wildman–Crippen MR) is 109 cm³/mol. The van der Waals surface area contributed by atoms with Crippen LogP contribution >= 0.6 is 0 Å². The number of hydrogen-bond acceptors (Lipinski definition) is 4. The molecule has 2 heterocycles. The Morgan fingerprint density at radius 2 is 1.75 bits per heavy atom. The van der Waals surface area contributed by atoms with E-state index in [1.807, 2.05) is 59.3 Å². The van der Waals surface area contributed by atoms with E-state index >= 15 is 0 Å². The van der Waals surface area contributed by atoms with Crippen molar-refractivity contribution in [2.24, 2.45) is 0 Å². The maximum absolute atomic E-state index is 5.48. The van der Waals surface area contributed by atoms with Crippen LogP contribution in [0.1, 0.15) is 11.3 Å². The van der Waals surface area contributed by atoms with Gasteiger partial charge in [-0.15, -0.1) is 0 Å². The van der Waals surface area contributed by atoms with Gasteiger partial charge in [0.2, 0.25) is 0 Å². The topological polar surface area (TPSA) is 43.4 Å². The van der Waals surface area contributed by atoms with Gasteiger partial charge >= 0.3 is 0 Å². The van der Waals surface area contributed by atoms with Crippen LogP contribution in [0.25, 0.3) is 16.9 Å². The Morgan fingerprint density at radius 1 is 0.964 bits per heavy atom. The maximum Gasteiger partial charge on any atom is 0.118 e. The largest absolute Gasteiger partial charge is 0.497 e. The van der Waals surface area contributed by atoms with E-state index in [1.165, 1.54) is 0 Å². The number of rotatable bonds is 7. The van der Waals surface area contributed by atoms with Crippen molar-refractivity contribution in [2.45, 2.75) is 13.1 Å². The maximum atomic E-state index is 5.48. The van der Waals surface area contributed by atoms with Crippen molar-refractivity contribution in [2.75, 3.05) is 14.2 Å². The summed E-state index contributed by atoms with van der Waals surface area (Å²) in [6, 6.07) is 22.1. The summed E-state index contributed by atoms with van der Waals surface area (Å²) in [5.41, 5.74) is 4.23. The highest BCUT2D eigenvalue weighted by molar-refractivity contribution is 5.64. The fourth-order valence-electron chi connectivity index (χ4n) is 3.25. The fourth-order valence-corrected chi connectivity index (χ4v) is 3.25. The van der Waals surface area contributed by atoms with E-state index in [0.29, 0.717) is 0 Å². The van der Waals surface area contributed by atoms with E-state index in [1.54, 1.807) is 13.4 Å². The monoisotopic (exact) mass is 373 g/mol. The van der Waals surface area contributed by atoms with Crippen molar-refractivity contribution < 1.29 is 9.15 Å². The summed E-state index contributed by atoms with van der Waals surface area (Å²) in [5.74, 6) is 1.78. The molecular weight excluding hydrogens is 350 g/mol. The van der Waals surface area contributed by atoms with Gasteiger partial charge in [-0.25, -0.2) is 4.68 Å². The minimum Gasteiger partial charge on any atom is -0.497 e. The normalized spacial score (nSPS) is 11.1. The Morgan fingerprint density at radius 3 is 2.43 bits per heavy atom. The van der Waals surface area contributed by atoms with Gasteiger partial charge in [-0.2, -0.15) is 5.10 Å².